The molecule has 18 aromatic carbocycles. The van der Waals surface area contributed by atoms with Crippen LogP contribution in [-0.2, 0) is 0 Å². The second kappa shape index (κ2) is 28.2. The summed E-state index contributed by atoms with van der Waals surface area (Å²) in [7, 11) is 0. The van der Waals surface area contributed by atoms with Crippen molar-refractivity contribution in [3.63, 3.8) is 0 Å². The molecule has 0 aliphatic carbocycles. The SMILES string of the molecule is c1ccc(-c2nc(-c3ccccc3)nc(-c3cccc4c3oc3c(-n5c6ccccc6c6cc(-c7cccc8c7oc7c8ccc8c9ccccc9oc87)ccc65)cccc34)n2)cc1.c1ccc(-c2nc(-c3ccccc3)nc(-c3cccc4c3sc3c(-n5c6ccccc6c6cc(-c7cccc8c7oc7c8ccc8c9ccccc9oc87)ccc65)cccc34)n2)cc1. The monoisotopic (exact) mass is 1660 g/mol. The fraction of sp³-hybridized carbons (Fsp3) is 0. The Hall–Kier alpha value is -17.2. The van der Waals surface area contributed by atoms with Crippen LogP contribution in [0, 0.1) is 0 Å². The van der Waals surface area contributed by atoms with Gasteiger partial charge < -0.3 is 31.2 Å². The highest BCUT2D eigenvalue weighted by atomic mass is 32.1. The first kappa shape index (κ1) is 71.4. The molecule has 0 N–H and O–H groups in total. The molecule has 0 amide bonds. The summed E-state index contributed by atoms with van der Waals surface area (Å²) in [6.45, 7) is 0. The molecule has 0 saturated heterocycles. The van der Waals surface area contributed by atoms with E-state index in [0.717, 1.165) is 214 Å². The van der Waals surface area contributed by atoms with Crippen LogP contribution in [-0.4, -0.2) is 39.0 Å². The third-order valence-electron chi connectivity index (χ3n) is 25.4. The van der Waals surface area contributed by atoms with E-state index in [1.165, 1.54) is 26.2 Å². The first-order valence-corrected chi connectivity index (χ1v) is 43.5. The van der Waals surface area contributed by atoms with E-state index in [1.54, 1.807) is 11.3 Å². The molecule has 28 aromatic rings. The number of nitrogens with zero attached hydrogens (tertiary/aromatic N) is 8. The molecular formula is C114H64N8O5S. The maximum absolute atomic E-state index is 7.06. The van der Waals surface area contributed by atoms with E-state index >= 15 is 0 Å². The lowest BCUT2D eigenvalue weighted by Crippen LogP contribution is -2.00. The van der Waals surface area contributed by atoms with E-state index in [1.807, 2.05) is 164 Å². The van der Waals surface area contributed by atoms with Gasteiger partial charge in [-0.1, -0.05) is 291 Å². The number of aromatic nitrogens is 8. The molecule has 0 fully saturated rings. The van der Waals surface area contributed by atoms with Gasteiger partial charge in [0.25, 0.3) is 0 Å². The largest absolute Gasteiger partial charge is 0.453 e. The quantitative estimate of drug-likeness (QED) is 0.129. The fourth-order valence-corrected chi connectivity index (χ4v) is 20.8. The molecular weight excluding hydrogens is 1590 g/mol. The summed E-state index contributed by atoms with van der Waals surface area (Å²) in [5.41, 5.74) is 24.2. The third-order valence-corrected chi connectivity index (χ3v) is 26.6. The summed E-state index contributed by atoms with van der Waals surface area (Å²) in [5.74, 6) is 3.69. The van der Waals surface area contributed by atoms with Crippen molar-refractivity contribution in [2.24, 2.45) is 0 Å². The van der Waals surface area contributed by atoms with Gasteiger partial charge in [0, 0.05) is 130 Å². The van der Waals surface area contributed by atoms with Crippen molar-refractivity contribution >= 4 is 185 Å². The van der Waals surface area contributed by atoms with Crippen LogP contribution in [0.2, 0.25) is 0 Å². The second-order valence-electron chi connectivity index (χ2n) is 32.5. The molecule has 0 atom stereocenters. The topological polar surface area (TPSA) is 153 Å². The lowest BCUT2D eigenvalue weighted by Gasteiger charge is -2.10. The smallest absolute Gasteiger partial charge is 0.178 e. The minimum Gasteiger partial charge on any atom is -0.453 e. The minimum absolute atomic E-state index is 0.546. The van der Waals surface area contributed by atoms with E-state index in [0.29, 0.717) is 34.9 Å². The van der Waals surface area contributed by atoms with Crippen molar-refractivity contribution in [1.82, 2.24) is 39.0 Å². The average Bonchev–Trinajstić information content (AvgIpc) is 1.58. The van der Waals surface area contributed by atoms with Crippen molar-refractivity contribution in [2.75, 3.05) is 0 Å². The number of hydrogen-bond acceptors (Lipinski definition) is 12. The van der Waals surface area contributed by atoms with Gasteiger partial charge in [-0.15, -0.1) is 11.3 Å². The molecule has 0 unspecified atom stereocenters. The van der Waals surface area contributed by atoms with E-state index in [9.17, 15) is 0 Å². The highest BCUT2D eigenvalue weighted by molar-refractivity contribution is 7.26. The Morgan fingerprint density at radius 2 is 0.477 bits per heavy atom. The normalized spacial score (nSPS) is 12.1. The zero-order valence-electron chi connectivity index (χ0n) is 68.0. The van der Waals surface area contributed by atoms with Crippen LogP contribution >= 0.6 is 11.3 Å². The minimum atomic E-state index is 0.546. The molecule has 0 saturated carbocycles. The van der Waals surface area contributed by atoms with Crippen LogP contribution in [0.15, 0.2) is 410 Å². The van der Waals surface area contributed by atoms with E-state index in [2.05, 4.69) is 234 Å². The Bertz CT molecular complexity index is 8830. The van der Waals surface area contributed by atoms with Crippen molar-refractivity contribution in [1.29, 1.82) is 0 Å². The van der Waals surface area contributed by atoms with Gasteiger partial charge in [0.2, 0.25) is 0 Å². The van der Waals surface area contributed by atoms with E-state index in [-0.39, 0.29) is 0 Å². The summed E-state index contributed by atoms with van der Waals surface area (Å²) < 4.78 is 40.6. The Kier molecular flexibility index (Phi) is 15.7. The lowest BCUT2D eigenvalue weighted by molar-refractivity contribution is 0.634. The highest BCUT2D eigenvalue weighted by Crippen LogP contribution is 2.50. The third kappa shape index (κ3) is 11.0. The first-order valence-electron chi connectivity index (χ1n) is 42.7. The average molecular weight is 1660 g/mol. The second-order valence-corrected chi connectivity index (χ2v) is 33.5. The predicted octanol–water partition coefficient (Wildman–Crippen LogP) is 31.1. The number of rotatable bonds is 10. The van der Waals surface area contributed by atoms with Crippen LogP contribution < -0.4 is 0 Å². The van der Waals surface area contributed by atoms with Crippen LogP contribution in [0.4, 0.5) is 0 Å². The van der Waals surface area contributed by atoms with Gasteiger partial charge in [0.1, 0.15) is 27.9 Å². The van der Waals surface area contributed by atoms with Crippen LogP contribution in [0.5, 0.6) is 0 Å². The van der Waals surface area contributed by atoms with E-state index < -0.39 is 0 Å². The molecule has 0 spiro atoms. The van der Waals surface area contributed by atoms with Gasteiger partial charge in [0.05, 0.1) is 43.7 Å². The van der Waals surface area contributed by atoms with E-state index in [4.69, 9.17) is 52.0 Å². The molecule has 10 heterocycles. The van der Waals surface area contributed by atoms with Gasteiger partial charge in [-0.25, -0.2) is 29.9 Å². The van der Waals surface area contributed by atoms with Crippen LogP contribution in [0.3, 0.4) is 0 Å². The zero-order valence-corrected chi connectivity index (χ0v) is 68.8. The molecule has 13 nitrogen and oxygen atoms in total. The van der Waals surface area contributed by atoms with Gasteiger partial charge >= 0.3 is 0 Å². The summed E-state index contributed by atoms with van der Waals surface area (Å²) in [6.07, 6.45) is 0. The molecule has 0 bridgehead atoms. The molecule has 28 rings (SSSR count). The Labute approximate surface area is 731 Å². The highest BCUT2D eigenvalue weighted by Gasteiger charge is 2.28. The Morgan fingerprint density at radius 3 is 0.945 bits per heavy atom. The zero-order chi connectivity index (χ0) is 83.8. The van der Waals surface area contributed by atoms with Crippen molar-refractivity contribution < 1.29 is 22.1 Å². The molecule has 0 aliphatic heterocycles. The summed E-state index contributed by atoms with van der Waals surface area (Å²) in [6, 6.07) is 135. The van der Waals surface area contributed by atoms with Crippen molar-refractivity contribution in [3.8, 4) is 102 Å². The maximum Gasteiger partial charge on any atom is 0.178 e. The first-order chi connectivity index (χ1) is 63.5. The number of fused-ring (bicyclic) bond motifs is 26. The fourth-order valence-electron chi connectivity index (χ4n) is 19.5. The molecule has 0 aliphatic rings. The number of thiophene rings is 1. The number of para-hydroxylation sites is 8. The standard InChI is InChI=1S/C57H32N4O3.C57H32N4O2S/c1-3-14-33(15-4-1)55-58-56(34-16-5-2-6-17-34)60-57(59-55)44-24-12-22-39-41-23-13-26-48(52(41)63-51(39)44)61-46-25-9-7-18-37(46)45-32-35(28-31-47(45)61)36-20-11-21-40-43-30-29-42-38-19-8-10-27-49(38)62-53(42)54(43)64-50(36)40;1-3-14-33(15-4-1)55-58-56(34-16-5-2-6-17-34)60-57(59-55)44-24-12-22-42-43-23-13-26-48(54(43)64-53(42)44)61-46-25-9-7-18-37(46)45-32-35(28-31-47(45)61)36-20-11-21-39-41-30-29-40-38-19-8-10-27-49(38)62-51(40)52(41)63-50(36)39/h2*1-32H. The molecule has 10 aromatic heterocycles. The van der Waals surface area contributed by atoms with Gasteiger partial charge in [-0.05, 0) is 108 Å². The Morgan fingerprint density at radius 1 is 0.172 bits per heavy atom. The number of furan rings is 5. The molecule has 14 heteroatoms. The summed E-state index contributed by atoms with van der Waals surface area (Å²) in [5, 5.41) is 17.5. The lowest BCUT2D eigenvalue weighted by atomic mass is 10.00. The molecule has 128 heavy (non-hydrogen) atoms. The van der Waals surface area contributed by atoms with Crippen molar-refractivity contribution in [3.05, 3.63) is 388 Å². The summed E-state index contributed by atoms with van der Waals surface area (Å²) >= 11 is 1.79. The summed E-state index contributed by atoms with van der Waals surface area (Å²) in [4.78, 5) is 30.3. The van der Waals surface area contributed by atoms with Crippen molar-refractivity contribution in [2.45, 2.75) is 0 Å². The van der Waals surface area contributed by atoms with Gasteiger partial charge in [-0.3, -0.25) is 0 Å². The van der Waals surface area contributed by atoms with Crippen LogP contribution in [0.25, 0.3) is 275 Å². The van der Waals surface area contributed by atoms with Gasteiger partial charge in [-0.2, -0.15) is 0 Å². The predicted molar refractivity (Wildman–Crippen MR) is 521 cm³/mol. The number of benzene rings is 18. The number of hydrogen-bond donors (Lipinski definition) is 0. The molecule has 0 radical (unpaired) electrons. The van der Waals surface area contributed by atoms with Gasteiger partial charge in [0.15, 0.2) is 62.9 Å². The Balaban J connectivity index is 0.000000132. The van der Waals surface area contributed by atoms with Crippen LogP contribution in [0.1, 0.15) is 0 Å². The molecule has 596 valence electrons. The maximum atomic E-state index is 7.06.